The summed E-state index contributed by atoms with van der Waals surface area (Å²) in [6, 6.07) is 19.2. The molecule has 3 heteroatoms. The maximum Gasteiger partial charge on any atom is 0.137 e. The van der Waals surface area contributed by atoms with Gasteiger partial charge in [-0.25, -0.2) is 0 Å². The highest BCUT2D eigenvalue weighted by atomic mass is 16.1. The van der Waals surface area contributed by atoms with Crippen molar-refractivity contribution in [1.82, 2.24) is 4.98 Å². The Morgan fingerprint density at radius 2 is 1.51 bits per heavy atom. The van der Waals surface area contributed by atoms with Crippen LogP contribution in [-0.4, -0.2) is 16.3 Å². The van der Waals surface area contributed by atoms with Gasteiger partial charge < -0.3 is 5.32 Å². The molecule has 3 aromatic rings. The lowest BCUT2D eigenvalue weighted by molar-refractivity contribution is -0.118. The van der Waals surface area contributed by atoms with Gasteiger partial charge in [0.1, 0.15) is 5.78 Å². The van der Waals surface area contributed by atoms with Crippen LogP contribution in [0.3, 0.4) is 0 Å². The average Bonchev–Trinajstić information content (AvgIpc) is 3.32. The van der Waals surface area contributed by atoms with Crippen molar-refractivity contribution in [2.24, 2.45) is 0 Å². The molecule has 1 heterocycles. The standard InChI is InChI=1S/C32H40N2O/c1-23(2)27-11-9-12-28(24(3)4)30(27)22-26(35)14-19-32(17-7-8-18-32)34-31-13-6-5-10-29(31)25-15-20-33-21-16-25/h5-6,9-13,15-16,20-21,23-24,34H,7-8,14,17-19,22H2,1-4H3. The minimum Gasteiger partial charge on any atom is -0.379 e. The third-order valence-electron chi connectivity index (χ3n) is 7.63. The highest BCUT2D eigenvalue weighted by Crippen LogP contribution is 2.40. The minimum atomic E-state index is -0.0166. The largest absolute Gasteiger partial charge is 0.379 e. The molecule has 184 valence electrons. The van der Waals surface area contributed by atoms with Gasteiger partial charge in [0, 0.05) is 42.0 Å². The summed E-state index contributed by atoms with van der Waals surface area (Å²) in [5.74, 6) is 1.20. The van der Waals surface area contributed by atoms with Gasteiger partial charge in [0.2, 0.25) is 0 Å². The Kier molecular flexibility index (Phi) is 8.05. The van der Waals surface area contributed by atoms with Crippen LogP contribution in [-0.2, 0) is 11.2 Å². The van der Waals surface area contributed by atoms with Crippen LogP contribution >= 0.6 is 0 Å². The van der Waals surface area contributed by atoms with Crippen molar-refractivity contribution in [3.05, 3.63) is 83.7 Å². The highest BCUT2D eigenvalue weighted by molar-refractivity contribution is 5.82. The third kappa shape index (κ3) is 6.01. The molecule has 0 unspecified atom stereocenters. The lowest BCUT2D eigenvalue weighted by Gasteiger charge is -2.33. The number of carbonyl (C=O) groups is 1. The summed E-state index contributed by atoms with van der Waals surface area (Å²) in [6.45, 7) is 8.91. The number of hydrogen-bond donors (Lipinski definition) is 1. The molecule has 2 aromatic carbocycles. The van der Waals surface area contributed by atoms with Gasteiger partial charge in [0.25, 0.3) is 0 Å². The number of para-hydroxylation sites is 1. The predicted octanol–water partition coefficient (Wildman–Crippen LogP) is 8.31. The summed E-state index contributed by atoms with van der Waals surface area (Å²) in [6.07, 6.45) is 10.4. The van der Waals surface area contributed by atoms with Gasteiger partial charge in [-0.2, -0.15) is 0 Å². The van der Waals surface area contributed by atoms with E-state index in [2.05, 4.69) is 92.6 Å². The molecule has 0 amide bonds. The number of nitrogens with zero attached hydrogens (tertiary/aromatic N) is 1. The first-order valence-corrected chi connectivity index (χ1v) is 13.3. The minimum absolute atomic E-state index is 0.0166. The van der Waals surface area contributed by atoms with Gasteiger partial charge in [-0.05, 0) is 71.6 Å². The molecule has 1 saturated carbocycles. The number of Topliss-reactive ketones (excluding diaryl/α,β-unsaturated/α-hetero) is 1. The number of rotatable bonds is 10. The smallest absolute Gasteiger partial charge is 0.137 e. The SMILES string of the molecule is CC(C)c1cccc(C(C)C)c1CC(=O)CCC1(Nc2ccccc2-c2ccncc2)CCCC1. The molecule has 1 fully saturated rings. The number of aromatic nitrogens is 1. The van der Waals surface area contributed by atoms with E-state index in [1.165, 1.54) is 40.7 Å². The summed E-state index contributed by atoms with van der Waals surface area (Å²) in [5.41, 5.74) is 7.41. The van der Waals surface area contributed by atoms with E-state index in [9.17, 15) is 4.79 Å². The Morgan fingerprint density at radius 3 is 2.14 bits per heavy atom. The topological polar surface area (TPSA) is 42.0 Å². The van der Waals surface area contributed by atoms with E-state index in [1.807, 2.05) is 12.4 Å². The highest BCUT2D eigenvalue weighted by Gasteiger charge is 2.34. The van der Waals surface area contributed by atoms with Gasteiger partial charge in [-0.15, -0.1) is 0 Å². The Morgan fingerprint density at radius 1 is 0.886 bits per heavy atom. The number of carbonyl (C=O) groups excluding carboxylic acids is 1. The van der Waals surface area contributed by atoms with Gasteiger partial charge >= 0.3 is 0 Å². The molecule has 0 saturated heterocycles. The number of nitrogens with one attached hydrogen (secondary N) is 1. The Labute approximate surface area is 211 Å². The van der Waals surface area contributed by atoms with Crippen LogP contribution in [0, 0.1) is 0 Å². The lowest BCUT2D eigenvalue weighted by atomic mass is 9.84. The number of ketones is 1. The molecule has 3 nitrogen and oxygen atoms in total. The van der Waals surface area contributed by atoms with Crippen molar-refractivity contribution < 1.29 is 4.79 Å². The Balaban J connectivity index is 1.51. The van der Waals surface area contributed by atoms with Crippen molar-refractivity contribution in [2.75, 3.05) is 5.32 Å². The van der Waals surface area contributed by atoms with E-state index < -0.39 is 0 Å². The molecule has 1 N–H and O–H groups in total. The first-order chi connectivity index (χ1) is 16.9. The normalized spacial score (nSPS) is 15.0. The van der Waals surface area contributed by atoms with Crippen LogP contribution in [0.4, 0.5) is 5.69 Å². The second kappa shape index (κ2) is 11.2. The van der Waals surface area contributed by atoms with E-state index in [-0.39, 0.29) is 5.54 Å². The maximum absolute atomic E-state index is 13.4. The number of hydrogen-bond acceptors (Lipinski definition) is 3. The molecule has 4 rings (SSSR count). The average molecular weight is 469 g/mol. The van der Waals surface area contributed by atoms with E-state index in [0.717, 1.165) is 24.9 Å². The molecule has 1 aromatic heterocycles. The zero-order valence-electron chi connectivity index (χ0n) is 21.8. The molecular weight excluding hydrogens is 428 g/mol. The van der Waals surface area contributed by atoms with Crippen molar-refractivity contribution in [3.8, 4) is 11.1 Å². The summed E-state index contributed by atoms with van der Waals surface area (Å²) < 4.78 is 0. The fourth-order valence-corrected chi connectivity index (χ4v) is 5.72. The third-order valence-corrected chi connectivity index (χ3v) is 7.63. The fraction of sp³-hybridized carbons (Fsp3) is 0.438. The molecule has 0 atom stereocenters. The molecule has 35 heavy (non-hydrogen) atoms. The summed E-state index contributed by atoms with van der Waals surface area (Å²) in [5, 5.41) is 3.93. The molecule has 0 radical (unpaired) electrons. The molecule has 0 aliphatic heterocycles. The molecule has 1 aliphatic carbocycles. The molecule has 0 spiro atoms. The summed E-state index contributed by atoms with van der Waals surface area (Å²) in [7, 11) is 0. The van der Waals surface area contributed by atoms with E-state index in [0.29, 0.717) is 30.5 Å². The van der Waals surface area contributed by atoms with Crippen LogP contribution < -0.4 is 5.32 Å². The van der Waals surface area contributed by atoms with Crippen LogP contribution in [0.1, 0.15) is 94.7 Å². The van der Waals surface area contributed by atoms with Gasteiger partial charge in [0.05, 0.1) is 0 Å². The van der Waals surface area contributed by atoms with Crippen LogP contribution in [0.5, 0.6) is 0 Å². The Bertz CT molecular complexity index is 1100. The van der Waals surface area contributed by atoms with Crippen LogP contribution in [0.25, 0.3) is 11.1 Å². The molecule has 0 bridgehead atoms. The van der Waals surface area contributed by atoms with Crippen LogP contribution in [0.15, 0.2) is 67.0 Å². The second-order valence-corrected chi connectivity index (χ2v) is 10.8. The van der Waals surface area contributed by atoms with Gasteiger partial charge in [0.15, 0.2) is 0 Å². The number of anilines is 1. The maximum atomic E-state index is 13.4. The van der Waals surface area contributed by atoms with E-state index >= 15 is 0 Å². The quantitative estimate of drug-likeness (QED) is 0.325. The molecule has 1 aliphatic rings. The van der Waals surface area contributed by atoms with Crippen molar-refractivity contribution in [1.29, 1.82) is 0 Å². The Hall–Kier alpha value is -2.94. The zero-order valence-corrected chi connectivity index (χ0v) is 21.8. The van der Waals surface area contributed by atoms with E-state index in [4.69, 9.17) is 0 Å². The first-order valence-electron chi connectivity index (χ1n) is 13.3. The fourth-order valence-electron chi connectivity index (χ4n) is 5.72. The van der Waals surface area contributed by atoms with Crippen molar-refractivity contribution in [3.63, 3.8) is 0 Å². The molecular formula is C32H40N2O. The van der Waals surface area contributed by atoms with Gasteiger partial charge in [-0.1, -0.05) is 76.9 Å². The van der Waals surface area contributed by atoms with E-state index in [1.54, 1.807) is 0 Å². The summed E-state index contributed by atoms with van der Waals surface area (Å²) in [4.78, 5) is 17.5. The predicted molar refractivity (Wildman–Crippen MR) is 147 cm³/mol. The lowest BCUT2D eigenvalue weighted by Crippen LogP contribution is -2.36. The second-order valence-electron chi connectivity index (χ2n) is 10.8. The first kappa shape index (κ1) is 25.2. The summed E-state index contributed by atoms with van der Waals surface area (Å²) >= 11 is 0. The monoisotopic (exact) mass is 468 g/mol. The van der Waals surface area contributed by atoms with Crippen LogP contribution in [0.2, 0.25) is 0 Å². The van der Waals surface area contributed by atoms with Gasteiger partial charge in [-0.3, -0.25) is 9.78 Å². The number of benzene rings is 2. The van der Waals surface area contributed by atoms with Crippen molar-refractivity contribution >= 4 is 11.5 Å². The number of pyridine rings is 1. The zero-order chi connectivity index (χ0) is 24.8. The van der Waals surface area contributed by atoms with Crippen molar-refractivity contribution in [2.45, 2.75) is 90.0 Å².